The lowest BCUT2D eigenvalue weighted by Crippen LogP contribution is -2.63. The minimum atomic E-state index is -0.963. The predicted octanol–water partition coefficient (Wildman–Crippen LogP) is 6.20. The first kappa shape index (κ1) is 46.1. The molecule has 7 aliphatic rings. The van der Waals surface area contributed by atoms with E-state index in [-0.39, 0.29) is 58.1 Å². The first-order chi connectivity index (χ1) is 34.1. The third-order valence-electron chi connectivity index (χ3n) is 16.8. The van der Waals surface area contributed by atoms with Crippen LogP contribution in [0.25, 0.3) is 32.9 Å². The second-order valence-electron chi connectivity index (χ2n) is 22.3. The number of pyridine rings is 1. The molecule has 5 aromatic rings. The molecule has 15 nitrogen and oxygen atoms in total. The Bertz CT molecular complexity index is 3000. The summed E-state index contributed by atoms with van der Waals surface area (Å²) in [7, 11) is 0. The van der Waals surface area contributed by atoms with Crippen molar-refractivity contribution in [3.63, 3.8) is 0 Å². The number of phenolic OH excluding ortho intramolecular Hbond substituents is 1. The van der Waals surface area contributed by atoms with Crippen molar-refractivity contribution in [2.24, 2.45) is 16.7 Å². The van der Waals surface area contributed by atoms with E-state index in [2.05, 4.69) is 36.1 Å². The number of aromatic nitrogens is 3. The average molecular weight is 970 g/mol. The molecule has 3 amide bonds. The maximum atomic E-state index is 17.1. The number of amides is 3. The Morgan fingerprint density at radius 3 is 2.45 bits per heavy atom. The summed E-state index contributed by atoms with van der Waals surface area (Å²) in [4.78, 5) is 62.7. The molecule has 0 radical (unpaired) electrons. The molecule has 2 aromatic heterocycles. The number of nitrogens with one attached hydrogen (secondary N) is 1. The number of rotatable bonds is 12. The van der Waals surface area contributed by atoms with Gasteiger partial charge in [-0.05, 0) is 128 Å². The first-order valence-corrected chi connectivity index (χ1v) is 25.5. The van der Waals surface area contributed by atoms with Crippen LogP contribution in [0.3, 0.4) is 0 Å². The Morgan fingerprint density at radius 1 is 0.901 bits per heavy atom. The number of β-amino-alcohol motifs (C(OH)–C–C–N with tert-alkyl or cyclic N) is 1. The highest BCUT2D eigenvalue weighted by molar-refractivity contribution is 6.06. The van der Waals surface area contributed by atoms with Crippen molar-refractivity contribution in [2.75, 3.05) is 81.9 Å². The van der Waals surface area contributed by atoms with Crippen LogP contribution in [-0.2, 0) is 22.6 Å². The van der Waals surface area contributed by atoms with Crippen LogP contribution in [0.4, 0.5) is 20.3 Å². The SMILES string of the molecule is CCc1c(F)ccc2cc(O)cc(-c3ncc4c(N5CCC[C@@](C)(O)C5)nc(OCC5(CN6CC(CN7CC8(CCN(c9ccc%10c(c9)CN(C9CCC(=O)NC9=O)C%10=O)CC8)C7)C6)CC5)nc4c3F)c12. The second-order valence-corrected chi connectivity index (χ2v) is 22.3. The van der Waals surface area contributed by atoms with Crippen LogP contribution in [0.1, 0.15) is 86.7 Å². The van der Waals surface area contributed by atoms with Gasteiger partial charge in [-0.25, -0.2) is 8.78 Å². The maximum Gasteiger partial charge on any atom is 0.319 e. The fourth-order valence-corrected chi connectivity index (χ4v) is 12.8. The van der Waals surface area contributed by atoms with Crippen molar-refractivity contribution in [1.29, 1.82) is 0 Å². The number of likely N-dealkylation sites (tertiary alicyclic amines) is 2. The van der Waals surface area contributed by atoms with Crippen molar-refractivity contribution < 1.29 is 38.1 Å². The van der Waals surface area contributed by atoms with Gasteiger partial charge in [0, 0.05) is 107 Å². The highest BCUT2D eigenvalue weighted by atomic mass is 19.1. The summed E-state index contributed by atoms with van der Waals surface area (Å²) in [5.74, 6) is -0.977. The molecule has 71 heavy (non-hydrogen) atoms. The van der Waals surface area contributed by atoms with Gasteiger partial charge in [0.05, 0.1) is 17.6 Å². The number of halogens is 2. The smallest absolute Gasteiger partial charge is 0.319 e. The summed E-state index contributed by atoms with van der Waals surface area (Å²) in [6, 6.07) is 11.4. The molecule has 1 saturated carbocycles. The summed E-state index contributed by atoms with van der Waals surface area (Å²) < 4.78 is 38.7. The topological polar surface area (TPSA) is 168 Å². The van der Waals surface area contributed by atoms with Crippen molar-refractivity contribution in [3.05, 3.63) is 77.0 Å². The number of anilines is 2. The predicted molar refractivity (Wildman–Crippen MR) is 263 cm³/mol. The zero-order valence-electron chi connectivity index (χ0n) is 40.5. The number of aryl methyl sites for hydroxylation is 1. The molecule has 8 heterocycles. The van der Waals surface area contributed by atoms with Gasteiger partial charge in [-0.3, -0.25) is 24.7 Å². The quantitative estimate of drug-likeness (QED) is 0.121. The van der Waals surface area contributed by atoms with Gasteiger partial charge in [-0.15, -0.1) is 0 Å². The number of hydrogen-bond acceptors (Lipinski definition) is 13. The largest absolute Gasteiger partial charge is 0.508 e. The van der Waals surface area contributed by atoms with E-state index in [0.717, 1.165) is 95.7 Å². The van der Waals surface area contributed by atoms with Gasteiger partial charge < -0.3 is 39.4 Å². The Balaban J connectivity index is 0.665. The van der Waals surface area contributed by atoms with Crippen LogP contribution in [-0.4, -0.2) is 141 Å². The number of phenols is 1. The maximum absolute atomic E-state index is 17.1. The highest BCUT2D eigenvalue weighted by Crippen LogP contribution is 2.49. The molecule has 3 N–H and O–H groups in total. The van der Waals surface area contributed by atoms with Crippen LogP contribution in [0.5, 0.6) is 11.8 Å². The molecule has 0 bridgehead atoms. The van der Waals surface area contributed by atoms with Crippen molar-refractivity contribution >= 4 is 50.9 Å². The molecule has 6 aliphatic heterocycles. The van der Waals surface area contributed by atoms with Gasteiger partial charge in [0.2, 0.25) is 11.8 Å². The lowest BCUT2D eigenvalue weighted by molar-refractivity contribution is -0.136. The number of piperidine rings is 3. The number of carbonyl (C=O) groups is 3. The number of hydrogen-bond donors (Lipinski definition) is 3. The van der Waals surface area contributed by atoms with E-state index < -0.39 is 23.3 Å². The number of benzene rings is 3. The number of fused-ring (bicyclic) bond motifs is 3. The third kappa shape index (κ3) is 8.50. The van der Waals surface area contributed by atoms with E-state index in [1.165, 1.54) is 18.3 Å². The Labute approximate surface area is 411 Å². The summed E-state index contributed by atoms with van der Waals surface area (Å²) in [6.45, 7) is 13.6. The van der Waals surface area contributed by atoms with E-state index in [0.29, 0.717) is 89.9 Å². The fraction of sp³-hybridized carbons (Fsp3) is 0.519. The highest BCUT2D eigenvalue weighted by Gasteiger charge is 2.49. The van der Waals surface area contributed by atoms with Crippen LogP contribution < -0.4 is 19.9 Å². The van der Waals surface area contributed by atoms with Gasteiger partial charge >= 0.3 is 6.01 Å². The molecule has 2 atom stereocenters. The lowest BCUT2D eigenvalue weighted by Gasteiger charge is -2.56. The van der Waals surface area contributed by atoms with E-state index in [1.807, 2.05) is 24.0 Å². The molecule has 1 spiro atoms. The number of nitrogens with zero attached hydrogens (tertiary/aromatic N) is 8. The van der Waals surface area contributed by atoms with E-state index in [4.69, 9.17) is 9.72 Å². The summed E-state index contributed by atoms with van der Waals surface area (Å²) in [5.41, 5.74) is 2.68. The molecule has 12 rings (SSSR count). The summed E-state index contributed by atoms with van der Waals surface area (Å²) in [5, 5.41) is 25.6. The standard InChI is InChI=1S/C54H61F2N9O6/c1-3-37-41(55)8-5-33-20-36(66)21-39(44(33)37)46-45(56)47-40(22-57-46)48(64-16-4-11-52(2,70)27-64)60-51(59-47)71-31-54(12-13-54)30-61-23-32(24-61)25-62-28-53(29-62)14-17-63(18-15-53)35-6-7-38-34(19-35)26-65(50(38)69)42-9-10-43(67)58-49(42)68/h5-8,19-22,32,42,66,70H,3-4,9-18,23-31H2,1-2H3,(H,58,67,68)/t42?,52-/m1/s1. The first-order valence-electron chi connectivity index (χ1n) is 25.5. The zero-order valence-corrected chi connectivity index (χ0v) is 40.5. The molecular weight excluding hydrogens is 909 g/mol. The average Bonchev–Trinajstić information content (AvgIpc) is 4.02. The van der Waals surface area contributed by atoms with Gasteiger partial charge in [-0.2, -0.15) is 9.97 Å². The van der Waals surface area contributed by atoms with Crippen LogP contribution in [0.15, 0.2) is 48.7 Å². The third-order valence-corrected chi connectivity index (χ3v) is 16.8. The molecule has 372 valence electrons. The van der Waals surface area contributed by atoms with E-state index >= 15 is 8.78 Å². The van der Waals surface area contributed by atoms with Crippen molar-refractivity contribution in [2.45, 2.75) is 89.8 Å². The fourth-order valence-electron chi connectivity index (χ4n) is 12.8. The molecule has 6 fully saturated rings. The second kappa shape index (κ2) is 17.3. The Morgan fingerprint density at radius 2 is 1.70 bits per heavy atom. The zero-order chi connectivity index (χ0) is 49.0. The van der Waals surface area contributed by atoms with Crippen LogP contribution in [0, 0.1) is 28.4 Å². The number of ether oxygens (including phenoxy) is 1. The molecule has 3 aromatic carbocycles. The Hall–Kier alpha value is -6.04. The summed E-state index contributed by atoms with van der Waals surface area (Å²) in [6.07, 6.45) is 8.14. The number of aromatic hydroxyl groups is 1. The number of imide groups is 1. The van der Waals surface area contributed by atoms with E-state index in [1.54, 1.807) is 24.0 Å². The molecule has 1 unspecified atom stereocenters. The molecule has 17 heteroatoms. The van der Waals surface area contributed by atoms with Crippen molar-refractivity contribution in [3.8, 4) is 23.0 Å². The van der Waals surface area contributed by atoms with Crippen LogP contribution >= 0.6 is 0 Å². The minimum absolute atomic E-state index is 0.0133. The van der Waals surface area contributed by atoms with Gasteiger partial charge in [0.25, 0.3) is 5.91 Å². The van der Waals surface area contributed by atoms with Crippen LogP contribution in [0.2, 0.25) is 0 Å². The van der Waals surface area contributed by atoms with Crippen molar-refractivity contribution in [1.82, 2.24) is 35.0 Å². The number of carbonyl (C=O) groups excluding carboxylic acids is 3. The summed E-state index contributed by atoms with van der Waals surface area (Å²) >= 11 is 0. The molecular formula is C54H61F2N9O6. The molecule has 5 saturated heterocycles. The minimum Gasteiger partial charge on any atom is -0.508 e. The monoisotopic (exact) mass is 969 g/mol. The Kier molecular flexibility index (Phi) is 11.2. The molecule has 1 aliphatic carbocycles. The van der Waals surface area contributed by atoms with Gasteiger partial charge in [0.1, 0.15) is 34.6 Å². The normalized spacial score (nSPS) is 24.4. The van der Waals surface area contributed by atoms with Gasteiger partial charge in [0.15, 0.2) is 5.82 Å². The lowest BCUT2D eigenvalue weighted by atomic mass is 9.71. The van der Waals surface area contributed by atoms with Gasteiger partial charge in [-0.1, -0.05) is 13.0 Å². The number of aliphatic hydroxyl groups is 1. The van der Waals surface area contributed by atoms with E-state index in [9.17, 15) is 24.6 Å².